The molecule has 0 amide bonds. The summed E-state index contributed by atoms with van der Waals surface area (Å²) in [6.45, 7) is 0. The van der Waals surface area contributed by atoms with Gasteiger partial charge >= 0.3 is 0 Å². The molecule has 8 aromatic carbocycles. The number of aromatic hydroxyl groups is 4. The van der Waals surface area contributed by atoms with Gasteiger partial charge in [0.15, 0.2) is 0 Å². The summed E-state index contributed by atoms with van der Waals surface area (Å²) in [5.74, 6) is 0.570. The summed E-state index contributed by atoms with van der Waals surface area (Å²) in [4.78, 5) is 4.08. The fourth-order valence-corrected chi connectivity index (χ4v) is 6.54. The zero-order valence-electron chi connectivity index (χ0n) is 24.5. The number of benzene rings is 8. The number of phenolic OH excluding ortho intramolecular Hbond substituents is 4. The molecule has 46 heavy (non-hydrogen) atoms. The molecule has 6 nitrogen and oxygen atoms in total. The van der Waals surface area contributed by atoms with Gasteiger partial charge in [-0.15, -0.1) is 0 Å². The molecule has 0 radical (unpaired) electrons. The van der Waals surface area contributed by atoms with E-state index in [9.17, 15) is 20.4 Å². The van der Waals surface area contributed by atoms with Gasteiger partial charge in [0.25, 0.3) is 0 Å². The lowest BCUT2D eigenvalue weighted by Gasteiger charge is -2.29. The number of hydrogen-bond acceptors (Lipinski definition) is 6. The average Bonchev–Trinajstić information content (AvgIpc) is 3.05. The molecule has 0 bridgehead atoms. The Morgan fingerprint density at radius 1 is 0.326 bits per heavy atom. The van der Waals surface area contributed by atoms with Crippen molar-refractivity contribution < 1.29 is 20.4 Å². The molecule has 0 spiro atoms. The Morgan fingerprint density at radius 3 is 0.935 bits per heavy atom. The van der Waals surface area contributed by atoms with Crippen LogP contribution >= 0.6 is 0 Å². The standard InChI is InChI=1S/C40H28N2O4/c43-31-9-1-5-27(21-31)41(28-6-2-10-32(44)22-28)37-19-15-25-14-18-36-38(20-16-26-13-17-35(37)39(25)40(26)36)42(29-7-3-11-33(45)23-29)30-8-4-12-34(46)24-30/h1-24,43-46H. The highest BCUT2D eigenvalue weighted by Gasteiger charge is 2.22. The maximum Gasteiger partial charge on any atom is 0.117 e. The van der Waals surface area contributed by atoms with Gasteiger partial charge in [0, 0.05) is 57.8 Å². The fourth-order valence-electron chi connectivity index (χ4n) is 6.54. The van der Waals surface area contributed by atoms with Crippen LogP contribution in [-0.4, -0.2) is 20.4 Å². The lowest BCUT2D eigenvalue weighted by Crippen LogP contribution is -2.11. The van der Waals surface area contributed by atoms with Crippen LogP contribution in [0.5, 0.6) is 23.0 Å². The zero-order valence-corrected chi connectivity index (χ0v) is 24.5. The van der Waals surface area contributed by atoms with Gasteiger partial charge in [-0.1, -0.05) is 60.7 Å². The van der Waals surface area contributed by atoms with Crippen LogP contribution in [0.3, 0.4) is 0 Å². The number of nitrogens with zero attached hydrogens (tertiary/aromatic N) is 2. The van der Waals surface area contributed by atoms with Crippen molar-refractivity contribution in [3.63, 3.8) is 0 Å². The van der Waals surface area contributed by atoms with E-state index < -0.39 is 0 Å². The molecule has 0 unspecified atom stereocenters. The third kappa shape index (κ3) is 4.52. The van der Waals surface area contributed by atoms with Gasteiger partial charge in [-0.3, -0.25) is 0 Å². The highest BCUT2D eigenvalue weighted by molar-refractivity contribution is 6.28. The molecule has 0 aliphatic carbocycles. The van der Waals surface area contributed by atoms with Crippen LogP contribution in [0.4, 0.5) is 34.1 Å². The largest absolute Gasteiger partial charge is 0.508 e. The third-order valence-corrected chi connectivity index (χ3v) is 8.45. The van der Waals surface area contributed by atoms with Gasteiger partial charge in [-0.2, -0.15) is 0 Å². The highest BCUT2D eigenvalue weighted by Crippen LogP contribution is 2.48. The van der Waals surface area contributed by atoms with Crippen molar-refractivity contribution in [2.45, 2.75) is 0 Å². The summed E-state index contributed by atoms with van der Waals surface area (Å²) in [6, 6.07) is 45.2. The van der Waals surface area contributed by atoms with E-state index in [1.807, 2.05) is 34.1 Å². The maximum atomic E-state index is 10.4. The second kappa shape index (κ2) is 10.6. The molecule has 0 heterocycles. The topological polar surface area (TPSA) is 87.4 Å². The molecule has 0 aliphatic rings. The van der Waals surface area contributed by atoms with Gasteiger partial charge in [0.2, 0.25) is 0 Å². The quantitative estimate of drug-likeness (QED) is 0.142. The van der Waals surface area contributed by atoms with Crippen molar-refractivity contribution in [3.05, 3.63) is 146 Å². The molecule has 0 saturated heterocycles. The van der Waals surface area contributed by atoms with Gasteiger partial charge < -0.3 is 30.2 Å². The second-order valence-electron chi connectivity index (χ2n) is 11.3. The summed E-state index contributed by atoms with van der Waals surface area (Å²) in [6.07, 6.45) is 0. The number of hydrogen-bond donors (Lipinski definition) is 4. The number of anilines is 6. The first-order chi connectivity index (χ1) is 22.4. The molecule has 0 aromatic heterocycles. The minimum Gasteiger partial charge on any atom is -0.508 e. The average molecular weight is 601 g/mol. The van der Waals surface area contributed by atoms with Gasteiger partial charge in [0.05, 0.1) is 11.4 Å². The summed E-state index contributed by atoms with van der Waals surface area (Å²) in [7, 11) is 0. The van der Waals surface area contributed by atoms with Crippen molar-refractivity contribution in [2.75, 3.05) is 9.80 Å². The van der Waals surface area contributed by atoms with Crippen LogP contribution in [0.25, 0.3) is 32.3 Å². The summed E-state index contributed by atoms with van der Waals surface area (Å²) in [5.41, 5.74) is 4.78. The first-order valence-corrected chi connectivity index (χ1v) is 14.9. The molecule has 8 aromatic rings. The molecule has 8 rings (SSSR count). The molecular formula is C40H28N2O4. The van der Waals surface area contributed by atoms with E-state index in [0.717, 1.165) is 66.4 Å². The van der Waals surface area contributed by atoms with Crippen molar-refractivity contribution >= 4 is 66.4 Å². The minimum atomic E-state index is 0.143. The van der Waals surface area contributed by atoms with Gasteiger partial charge in [-0.05, 0) is 82.2 Å². The lowest BCUT2D eigenvalue weighted by molar-refractivity contribution is 0.474. The Kier molecular flexibility index (Phi) is 6.29. The smallest absolute Gasteiger partial charge is 0.117 e. The predicted molar refractivity (Wildman–Crippen MR) is 186 cm³/mol. The Bertz CT molecular complexity index is 2140. The summed E-state index contributed by atoms with van der Waals surface area (Å²) in [5, 5.41) is 48.0. The van der Waals surface area contributed by atoms with Crippen molar-refractivity contribution in [1.82, 2.24) is 0 Å². The lowest BCUT2D eigenvalue weighted by atomic mass is 9.91. The van der Waals surface area contributed by atoms with Crippen molar-refractivity contribution in [2.24, 2.45) is 0 Å². The van der Waals surface area contributed by atoms with E-state index in [2.05, 4.69) is 48.5 Å². The van der Waals surface area contributed by atoms with Crippen LogP contribution < -0.4 is 9.80 Å². The van der Waals surface area contributed by atoms with Crippen LogP contribution in [0.1, 0.15) is 0 Å². The highest BCUT2D eigenvalue weighted by atomic mass is 16.3. The molecular weight excluding hydrogens is 572 g/mol. The summed E-state index contributed by atoms with van der Waals surface area (Å²) < 4.78 is 0. The molecule has 0 aliphatic heterocycles. The fraction of sp³-hybridized carbons (Fsp3) is 0. The van der Waals surface area contributed by atoms with E-state index in [-0.39, 0.29) is 23.0 Å². The SMILES string of the molecule is Oc1cccc(N(c2cccc(O)c2)c2ccc3ccc4c(N(c5cccc(O)c5)c5cccc(O)c5)ccc5ccc2c3c54)c1. The predicted octanol–water partition coefficient (Wildman–Crippen LogP) is 10.3. The molecule has 0 saturated carbocycles. The molecule has 222 valence electrons. The van der Waals surface area contributed by atoms with E-state index in [0.29, 0.717) is 0 Å². The summed E-state index contributed by atoms with van der Waals surface area (Å²) >= 11 is 0. The Morgan fingerprint density at radius 2 is 0.630 bits per heavy atom. The molecule has 6 heteroatoms. The van der Waals surface area contributed by atoms with Crippen LogP contribution in [-0.2, 0) is 0 Å². The van der Waals surface area contributed by atoms with E-state index in [1.165, 1.54) is 0 Å². The van der Waals surface area contributed by atoms with Crippen molar-refractivity contribution in [1.29, 1.82) is 0 Å². The number of rotatable bonds is 6. The van der Waals surface area contributed by atoms with E-state index in [4.69, 9.17) is 0 Å². The molecule has 0 atom stereocenters. The van der Waals surface area contributed by atoms with Crippen LogP contribution in [0.15, 0.2) is 146 Å². The minimum absolute atomic E-state index is 0.143. The van der Waals surface area contributed by atoms with Gasteiger partial charge in [-0.25, -0.2) is 0 Å². The maximum absolute atomic E-state index is 10.4. The Labute approximate surface area is 264 Å². The normalized spacial score (nSPS) is 11.4. The van der Waals surface area contributed by atoms with Gasteiger partial charge in [0.1, 0.15) is 23.0 Å². The molecule has 0 fully saturated rings. The first-order valence-electron chi connectivity index (χ1n) is 14.9. The van der Waals surface area contributed by atoms with E-state index >= 15 is 0 Å². The first kappa shape index (κ1) is 27.2. The van der Waals surface area contributed by atoms with Crippen molar-refractivity contribution in [3.8, 4) is 23.0 Å². The zero-order chi connectivity index (χ0) is 31.4. The monoisotopic (exact) mass is 600 g/mol. The third-order valence-electron chi connectivity index (χ3n) is 8.45. The Hall–Kier alpha value is -6.40. The second-order valence-corrected chi connectivity index (χ2v) is 11.3. The number of phenols is 4. The van der Waals surface area contributed by atoms with Crippen LogP contribution in [0.2, 0.25) is 0 Å². The van der Waals surface area contributed by atoms with Crippen LogP contribution in [0, 0.1) is 0 Å². The molecule has 4 N–H and O–H groups in total. The Balaban J connectivity index is 1.42. The van der Waals surface area contributed by atoms with E-state index in [1.54, 1.807) is 72.8 Å².